The average Bonchev–Trinajstić information content (AvgIpc) is 3.48. The Balaban J connectivity index is 0.000000199. The van der Waals surface area contributed by atoms with E-state index in [0.29, 0.717) is 35.5 Å². The third-order valence-electron chi connectivity index (χ3n) is 13.1. The molecule has 3 aromatic carbocycles. The van der Waals surface area contributed by atoms with Gasteiger partial charge in [-0.1, -0.05) is 60.2 Å². The van der Waals surface area contributed by atoms with Crippen LogP contribution in [0.15, 0.2) is 53.0 Å². The highest BCUT2D eigenvalue weighted by atomic mass is 79.9. The third kappa shape index (κ3) is 14.6. The van der Waals surface area contributed by atoms with E-state index in [9.17, 15) is 59.7 Å². The normalized spacial score (nSPS) is 18.4. The SMILES string of the molecule is CC1(C)OB(C2CCCCC2)OC1(C)C.Cc1c(Br)cc([N+](=O)[O-])cc1C(F)(F)F.Cc1c(C2=CCCCC2)cc(N)cc1C(F)(F)F.Cc1c(C2=CCCCC2)cc([N+](=O)[O-])cc1C(F)(F)F. The summed E-state index contributed by atoms with van der Waals surface area (Å²) in [6.45, 7) is 12.7. The molecule has 0 atom stereocenters. The molecule has 2 N–H and O–H groups in total. The summed E-state index contributed by atoms with van der Waals surface area (Å²) in [5, 5.41) is 21.2. The van der Waals surface area contributed by atoms with Gasteiger partial charge in [0.15, 0.2) is 0 Å². The first-order chi connectivity index (χ1) is 31.4. The number of anilines is 1. The number of allylic oxidation sites excluding steroid dienone is 4. The Kier molecular flexibility index (Phi) is 18.6. The van der Waals surface area contributed by atoms with E-state index >= 15 is 0 Å². The fourth-order valence-electron chi connectivity index (χ4n) is 8.51. The van der Waals surface area contributed by atoms with E-state index in [0.717, 1.165) is 68.2 Å². The van der Waals surface area contributed by atoms with Gasteiger partial charge in [-0.3, -0.25) is 20.2 Å². The van der Waals surface area contributed by atoms with Crippen LogP contribution >= 0.6 is 15.9 Å². The summed E-state index contributed by atoms with van der Waals surface area (Å²) in [5.41, 5.74) is 4.90. The molecular formula is C48H58BBrF9N3O6. The molecule has 0 bridgehead atoms. The molecule has 2 fully saturated rings. The van der Waals surface area contributed by atoms with Crippen LogP contribution in [0.2, 0.25) is 5.82 Å². The van der Waals surface area contributed by atoms with Gasteiger partial charge in [0.2, 0.25) is 0 Å². The van der Waals surface area contributed by atoms with Crippen LogP contribution in [0.1, 0.15) is 156 Å². The minimum atomic E-state index is -4.58. The van der Waals surface area contributed by atoms with Gasteiger partial charge in [0.25, 0.3) is 11.4 Å². The van der Waals surface area contributed by atoms with Crippen molar-refractivity contribution in [2.24, 2.45) is 0 Å². The van der Waals surface area contributed by atoms with E-state index in [1.807, 2.05) is 12.2 Å². The van der Waals surface area contributed by atoms with E-state index in [4.69, 9.17) is 15.0 Å². The first-order valence-corrected chi connectivity index (χ1v) is 23.2. The van der Waals surface area contributed by atoms with Crippen LogP contribution in [0, 0.1) is 41.0 Å². The maximum absolute atomic E-state index is 13.0. The first-order valence-electron chi connectivity index (χ1n) is 22.5. The lowest BCUT2D eigenvalue weighted by atomic mass is 9.64. The fraction of sp³-hybridized carbons (Fsp3) is 0.542. The zero-order chi connectivity index (χ0) is 51.2. The molecule has 7 rings (SSSR count). The molecule has 4 aliphatic rings. The second-order valence-electron chi connectivity index (χ2n) is 18.5. The van der Waals surface area contributed by atoms with Crippen molar-refractivity contribution in [1.82, 2.24) is 0 Å². The number of hydrogen-bond acceptors (Lipinski definition) is 7. The minimum Gasteiger partial charge on any atom is -0.403 e. The van der Waals surface area contributed by atoms with Gasteiger partial charge in [-0.2, -0.15) is 39.5 Å². The number of non-ortho nitro benzene ring substituents is 2. The average molecular weight is 1030 g/mol. The van der Waals surface area contributed by atoms with E-state index in [2.05, 4.69) is 43.6 Å². The van der Waals surface area contributed by atoms with Crippen LogP contribution < -0.4 is 5.73 Å². The van der Waals surface area contributed by atoms with Crippen molar-refractivity contribution in [2.45, 2.75) is 167 Å². The molecule has 1 heterocycles. The summed E-state index contributed by atoms with van der Waals surface area (Å²) in [5.74, 6) is 0.625. The van der Waals surface area contributed by atoms with Crippen molar-refractivity contribution in [3.8, 4) is 0 Å². The summed E-state index contributed by atoms with van der Waals surface area (Å²) in [7, 11) is 0.0373. The third-order valence-corrected chi connectivity index (χ3v) is 13.9. The van der Waals surface area contributed by atoms with E-state index in [1.165, 1.54) is 58.9 Å². The lowest BCUT2D eigenvalue weighted by molar-refractivity contribution is -0.385. The summed E-state index contributed by atoms with van der Waals surface area (Å²) >= 11 is 2.85. The van der Waals surface area contributed by atoms with Crippen LogP contribution in [0.4, 0.5) is 56.6 Å². The number of nitrogen functional groups attached to an aromatic ring is 1. The van der Waals surface area contributed by atoms with Gasteiger partial charge < -0.3 is 15.0 Å². The smallest absolute Gasteiger partial charge is 0.403 e. The molecule has 1 saturated heterocycles. The zero-order valence-electron chi connectivity index (χ0n) is 39.2. The molecule has 20 heteroatoms. The van der Waals surface area contributed by atoms with Crippen molar-refractivity contribution < 1.29 is 58.7 Å². The summed E-state index contributed by atoms with van der Waals surface area (Å²) in [6, 6.07) is 6.11. The van der Waals surface area contributed by atoms with Crippen LogP contribution in [0.3, 0.4) is 0 Å². The second kappa shape index (κ2) is 22.5. The van der Waals surface area contributed by atoms with Gasteiger partial charge >= 0.3 is 25.6 Å². The van der Waals surface area contributed by atoms with Crippen molar-refractivity contribution in [1.29, 1.82) is 0 Å². The van der Waals surface area contributed by atoms with Gasteiger partial charge in [0, 0.05) is 34.4 Å². The lowest BCUT2D eigenvalue weighted by Gasteiger charge is -2.32. The molecule has 1 saturated carbocycles. The molecular weight excluding hydrogens is 976 g/mol. The van der Waals surface area contributed by atoms with Crippen molar-refractivity contribution >= 4 is 51.3 Å². The number of halogens is 10. The molecule has 0 radical (unpaired) electrons. The Labute approximate surface area is 399 Å². The summed E-state index contributed by atoms with van der Waals surface area (Å²) < 4.78 is 127. The van der Waals surface area contributed by atoms with Crippen LogP contribution in [0.5, 0.6) is 0 Å². The summed E-state index contributed by atoms with van der Waals surface area (Å²) in [4.78, 5) is 19.6. The number of nitro groups is 2. The Bertz CT molecular complexity index is 2340. The number of nitro benzene ring substituents is 2. The number of hydrogen-bond donors (Lipinski definition) is 1. The Morgan fingerprint density at radius 2 is 1.00 bits per heavy atom. The molecule has 1 aliphatic heterocycles. The predicted octanol–water partition coefficient (Wildman–Crippen LogP) is 16.5. The second-order valence-corrected chi connectivity index (χ2v) is 19.3. The van der Waals surface area contributed by atoms with Crippen LogP contribution in [0.25, 0.3) is 11.1 Å². The number of alkyl halides is 9. The predicted molar refractivity (Wildman–Crippen MR) is 250 cm³/mol. The quantitative estimate of drug-likeness (QED) is 0.0885. The van der Waals surface area contributed by atoms with Gasteiger partial charge in [0.1, 0.15) is 0 Å². The largest absolute Gasteiger partial charge is 0.461 e. The van der Waals surface area contributed by atoms with E-state index in [-0.39, 0.29) is 45.2 Å². The highest BCUT2D eigenvalue weighted by Gasteiger charge is 2.53. The maximum atomic E-state index is 13.0. The minimum absolute atomic E-state index is 0.0373. The van der Waals surface area contributed by atoms with Crippen molar-refractivity contribution in [3.63, 3.8) is 0 Å². The molecule has 0 unspecified atom stereocenters. The Hall–Kier alpha value is -4.43. The molecule has 68 heavy (non-hydrogen) atoms. The van der Waals surface area contributed by atoms with E-state index in [1.54, 1.807) is 6.07 Å². The molecule has 0 aromatic heterocycles. The number of benzene rings is 3. The van der Waals surface area contributed by atoms with E-state index < -0.39 is 56.4 Å². The standard InChI is InChI=1S/C14H14F3NO2.C14H16F3N.C12H23BO2.C8H5BrF3NO2/c1-9-12(10-5-3-2-4-6-10)7-11(18(19)20)8-13(9)14(15,16)17;1-9-12(10-5-3-2-4-6-10)7-11(18)8-13(9)14(15,16)17;1-11(2)12(3,4)15-13(14-11)10-8-6-5-7-9-10;1-4-6(8(10,11)12)2-5(13(14)15)3-7(4)9/h5,7-8H,2-4,6H2,1H3;5,7-8H,2-4,6,18H2,1H3;10H,5-9H2,1-4H3;2-3H,1H3. The summed E-state index contributed by atoms with van der Waals surface area (Å²) in [6.07, 6.45) is 4.30. The molecule has 9 nitrogen and oxygen atoms in total. The Morgan fingerprint density at radius 1 is 0.603 bits per heavy atom. The van der Waals surface area contributed by atoms with Crippen molar-refractivity contribution in [3.05, 3.63) is 118 Å². The number of rotatable bonds is 5. The maximum Gasteiger partial charge on any atom is 0.461 e. The molecule has 3 aliphatic carbocycles. The zero-order valence-corrected chi connectivity index (χ0v) is 40.8. The van der Waals surface area contributed by atoms with Crippen LogP contribution in [-0.4, -0.2) is 28.2 Å². The van der Waals surface area contributed by atoms with Crippen LogP contribution in [-0.2, 0) is 27.8 Å². The topological polar surface area (TPSA) is 131 Å². The number of nitrogens with two attached hydrogens (primary N) is 1. The number of nitrogens with zero attached hydrogens (tertiary/aromatic N) is 2. The monoisotopic (exact) mass is 1030 g/mol. The molecule has 374 valence electrons. The highest BCUT2D eigenvalue weighted by molar-refractivity contribution is 9.10. The Morgan fingerprint density at radius 3 is 1.40 bits per heavy atom. The van der Waals surface area contributed by atoms with Gasteiger partial charge in [-0.25, -0.2) is 0 Å². The highest BCUT2D eigenvalue weighted by Crippen LogP contribution is 2.45. The molecule has 0 spiro atoms. The molecule has 0 amide bonds. The fourth-order valence-corrected chi connectivity index (χ4v) is 8.96. The van der Waals surface area contributed by atoms with Gasteiger partial charge in [-0.05, 0) is 157 Å². The first kappa shape index (κ1) is 56.2. The van der Waals surface area contributed by atoms with Crippen molar-refractivity contribution in [2.75, 3.05) is 5.73 Å². The van der Waals surface area contributed by atoms with Gasteiger partial charge in [-0.15, -0.1) is 0 Å². The van der Waals surface area contributed by atoms with Gasteiger partial charge in [0.05, 0.1) is 37.7 Å². The lowest BCUT2D eigenvalue weighted by Crippen LogP contribution is -2.41. The molecule has 3 aromatic rings.